The average Bonchev–Trinajstić information content (AvgIpc) is 3.27. The number of hydrogen-bond acceptors (Lipinski definition) is 3. The largest absolute Gasteiger partial charge is 0.264 e. The first-order valence-electron chi connectivity index (χ1n) is 7.97. The molecule has 0 saturated heterocycles. The minimum Gasteiger partial charge on any atom is -0.264 e. The molecule has 0 unspecified atom stereocenters. The Morgan fingerprint density at radius 1 is 1.04 bits per heavy atom. The summed E-state index contributed by atoms with van der Waals surface area (Å²) in [6, 6.07) is 10.0. The maximum atomic E-state index is 6.30. The monoisotopic (exact) mass is 340 g/mol. The van der Waals surface area contributed by atoms with E-state index in [4.69, 9.17) is 16.6 Å². The van der Waals surface area contributed by atoms with Crippen LogP contribution in [0.2, 0.25) is 5.02 Å². The highest BCUT2D eigenvalue weighted by Crippen LogP contribution is 2.40. The Hall–Kier alpha value is -1.71. The van der Waals surface area contributed by atoms with E-state index in [1.165, 1.54) is 36.8 Å². The van der Waals surface area contributed by atoms with Crippen molar-refractivity contribution < 1.29 is 0 Å². The minimum atomic E-state index is 0.653. The van der Waals surface area contributed by atoms with E-state index in [2.05, 4.69) is 16.4 Å². The molecule has 0 bridgehead atoms. The minimum absolute atomic E-state index is 0.653. The van der Waals surface area contributed by atoms with Crippen molar-refractivity contribution in [3.05, 3.63) is 58.7 Å². The third-order valence-electron chi connectivity index (χ3n) is 4.53. The van der Waals surface area contributed by atoms with Crippen LogP contribution in [0.15, 0.2) is 48.1 Å². The summed E-state index contributed by atoms with van der Waals surface area (Å²) in [5.41, 5.74) is 4.51. The summed E-state index contributed by atoms with van der Waals surface area (Å²) in [5, 5.41) is 3.86. The molecular weight excluding hydrogens is 324 g/mol. The van der Waals surface area contributed by atoms with Gasteiger partial charge < -0.3 is 0 Å². The molecule has 0 aliphatic heterocycles. The average molecular weight is 341 g/mol. The van der Waals surface area contributed by atoms with Crippen molar-refractivity contribution >= 4 is 22.9 Å². The Labute approximate surface area is 145 Å². The second kappa shape index (κ2) is 6.42. The zero-order valence-electron chi connectivity index (χ0n) is 12.7. The van der Waals surface area contributed by atoms with Crippen molar-refractivity contribution in [2.45, 2.75) is 31.6 Å². The van der Waals surface area contributed by atoms with Crippen LogP contribution in [0.3, 0.4) is 0 Å². The van der Waals surface area contributed by atoms with E-state index < -0.39 is 0 Å². The summed E-state index contributed by atoms with van der Waals surface area (Å²) < 4.78 is 0. The summed E-state index contributed by atoms with van der Waals surface area (Å²) in [6.07, 6.45) is 9.08. The smallest absolute Gasteiger partial charge is 0.125 e. The quantitative estimate of drug-likeness (QED) is 0.568. The Morgan fingerprint density at radius 2 is 1.87 bits per heavy atom. The van der Waals surface area contributed by atoms with Gasteiger partial charge in [-0.25, -0.2) is 4.98 Å². The molecule has 1 aromatic carbocycles. The highest BCUT2D eigenvalue weighted by molar-refractivity contribution is 7.13. The summed E-state index contributed by atoms with van der Waals surface area (Å²) >= 11 is 7.97. The fourth-order valence-corrected chi connectivity index (χ4v) is 4.45. The molecule has 2 heterocycles. The number of halogens is 1. The zero-order valence-corrected chi connectivity index (χ0v) is 14.3. The second-order valence-corrected chi connectivity index (χ2v) is 7.23. The van der Waals surface area contributed by atoms with E-state index in [-0.39, 0.29) is 0 Å². The maximum Gasteiger partial charge on any atom is 0.125 e. The van der Waals surface area contributed by atoms with E-state index in [1.54, 1.807) is 11.3 Å². The summed E-state index contributed by atoms with van der Waals surface area (Å²) in [6.45, 7) is 0. The van der Waals surface area contributed by atoms with Gasteiger partial charge in [-0.15, -0.1) is 11.3 Å². The molecule has 23 heavy (non-hydrogen) atoms. The van der Waals surface area contributed by atoms with Crippen LogP contribution >= 0.6 is 22.9 Å². The molecule has 4 rings (SSSR count). The molecule has 3 aromatic rings. The lowest BCUT2D eigenvalue weighted by atomic mass is 9.95. The lowest BCUT2D eigenvalue weighted by Crippen LogP contribution is -1.96. The number of nitrogens with zero attached hydrogens (tertiary/aromatic N) is 2. The molecule has 0 spiro atoms. The van der Waals surface area contributed by atoms with Crippen LogP contribution in [0.25, 0.3) is 21.8 Å². The Morgan fingerprint density at radius 3 is 2.70 bits per heavy atom. The fraction of sp³-hybridized carbons (Fsp3) is 0.263. The molecule has 0 amide bonds. The molecule has 116 valence electrons. The Kier molecular flexibility index (Phi) is 4.15. The third-order valence-corrected chi connectivity index (χ3v) is 5.74. The van der Waals surface area contributed by atoms with E-state index in [0.29, 0.717) is 5.92 Å². The van der Waals surface area contributed by atoms with Crippen molar-refractivity contribution in [2.75, 3.05) is 0 Å². The summed E-state index contributed by atoms with van der Waals surface area (Å²) in [7, 11) is 0. The van der Waals surface area contributed by atoms with Crippen molar-refractivity contribution in [1.82, 2.24) is 9.97 Å². The van der Waals surface area contributed by atoms with Gasteiger partial charge in [0.2, 0.25) is 0 Å². The van der Waals surface area contributed by atoms with Gasteiger partial charge in [0.1, 0.15) is 5.01 Å². The molecule has 2 aromatic heterocycles. The van der Waals surface area contributed by atoms with Gasteiger partial charge in [-0.1, -0.05) is 42.6 Å². The molecule has 0 atom stereocenters. The first-order chi connectivity index (χ1) is 11.3. The normalized spacial score (nSPS) is 15.2. The van der Waals surface area contributed by atoms with Crippen molar-refractivity contribution in [2.24, 2.45) is 0 Å². The number of aromatic nitrogens is 2. The van der Waals surface area contributed by atoms with Crippen LogP contribution < -0.4 is 0 Å². The fourth-order valence-electron chi connectivity index (χ4n) is 3.37. The number of hydrogen-bond donors (Lipinski definition) is 0. The standard InChI is InChI=1S/C19H17ClN2S/c20-17-8-4-3-7-15(17)18-12-23-19(22-18)16-11-21-10-9-14(16)13-5-1-2-6-13/h3-4,7-13H,1-2,5-6H2. The van der Waals surface area contributed by atoms with Gasteiger partial charge in [-0.2, -0.15) is 0 Å². The predicted molar refractivity (Wildman–Crippen MR) is 97.0 cm³/mol. The van der Waals surface area contributed by atoms with E-state index >= 15 is 0 Å². The molecule has 1 saturated carbocycles. The van der Waals surface area contributed by atoms with Gasteiger partial charge in [0.05, 0.1) is 5.69 Å². The summed E-state index contributed by atoms with van der Waals surface area (Å²) in [5.74, 6) is 0.653. The number of thiazole rings is 1. The van der Waals surface area contributed by atoms with E-state index in [1.807, 2.05) is 36.7 Å². The highest BCUT2D eigenvalue weighted by atomic mass is 35.5. The van der Waals surface area contributed by atoms with Gasteiger partial charge in [0.25, 0.3) is 0 Å². The van der Waals surface area contributed by atoms with Crippen LogP contribution in [0.4, 0.5) is 0 Å². The van der Waals surface area contributed by atoms with Gasteiger partial charge in [-0.05, 0) is 36.5 Å². The maximum absolute atomic E-state index is 6.30. The molecular formula is C19H17ClN2S. The first-order valence-corrected chi connectivity index (χ1v) is 9.23. The Balaban J connectivity index is 1.74. The Bertz CT molecular complexity index is 821. The van der Waals surface area contributed by atoms with Crippen molar-refractivity contribution in [3.8, 4) is 21.8 Å². The van der Waals surface area contributed by atoms with Crippen molar-refractivity contribution in [3.63, 3.8) is 0 Å². The molecule has 0 radical (unpaired) electrons. The molecule has 1 fully saturated rings. The number of rotatable bonds is 3. The molecule has 1 aliphatic carbocycles. The summed E-state index contributed by atoms with van der Waals surface area (Å²) in [4.78, 5) is 9.17. The third kappa shape index (κ3) is 2.91. The van der Waals surface area contributed by atoms with Crippen LogP contribution in [-0.4, -0.2) is 9.97 Å². The van der Waals surface area contributed by atoms with Crippen LogP contribution in [0.1, 0.15) is 37.2 Å². The van der Waals surface area contributed by atoms with Crippen LogP contribution in [0.5, 0.6) is 0 Å². The second-order valence-electron chi connectivity index (χ2n) is 5.96. The van der Waals surface area contributed by atoms with Crippen LogP contribution in [-0.2, 0) is 0 Å². The SMILES string of the molecule is Clc1ccccc1-c1csc(-c2cnccc2C2CCCC2)n1. The molecule has 0 N–H and O–H groups in total. The van der Waals surface area contributed by atoms with E-state index in [9.17, 15) is 0 Å². The zero-order chi connectivity index (χ0) is 15.6. The molecule has 4 heteroatoms. The van der Waals surface area contributed by atoms with Gasteiger partial charge in [-0.3, -0.25) is 4.98 Å². The van der Waals surface area contributed by atoms with Crippen molar-refractivity contribution in [1.29, 1.82) is 0 Å². The lowest BCUT2D eigenvalue weighted by molar-refractivity contribution is 0.723. The highest BCUT2D eigenvalue weighted by Gasteiger charge is 2.21. The van der Waals surface area contributed by atoms with Gasteiger partial charge in [0.15, 0.2) is 0 Å². The van der Waals surface area contributed by atoms with E-state index in [0.717, 1.165) is 21.3 Å². The predicted octanol–water partition coefficient (Wildman–Crippen LogP) is 6.18. The topological polar surface area (TPSA) is 25.8 Å². The molecule has 2 nitrogen and oxygen atoms in total. The number of pyridine rings is 1. The van der Waals surface area contributed by atoms with Gasteiger partial charge >= 0.3 is 0 Å². The number of benzene rings is 1. The van der Waals surface area contributed by atoms with Gasteiger partial charge in [0, 0.05) is 33.9 Å². The van der Waals surface area contributed by atoms with Crippen LogP contribution in [0, 0.1) is 0 Å². The first kappa shape index (κ1) is 14.9. The lowest BCUT2D eigenvalue weighted by Gasteiger charge is -2.13. The molecule has 1 aliphatic rings.